The second-order valence-electron chi connectivity index (χ2n) is 3.66. The Balaban J connectivity index is 2.83. The number of nitrogens with two attached hydrogens (primary N) is 1. The third kappa shape index (κ3) is 2.69. The monoisotopic (exact) mass is 215 g/mol. The van der Waals surface area contributed by atoms with E-state index in [4.69, 9.17) is 17.3 Å². The molecule has 0 fully saturated rings. The molecule has 0 aliphatic carbocycles. The zero-order valence-electron chi connectivity index (χ0n) is 8.48. The minimum atomic E-state index is -0.196. The van der Waals surface area contributed by atoms with Gasteiger partial charge in [0.15, 0.2) is 0 Å². The first kappa shape index (κ1) is 11.5. The van der Waals surface area contributed by atoms with Gasteiger partial charge in [-0.25, -0.2) is 4.39 Å². The first-order valence-corrected chi connectivity index (χ1v) is 5.09. The van der Waals surface area contributed by atoms with Crippen LogP contribution in [-0.2, 0) is 6.42 Å². The predicted octanol–water partition coefficient (Wildman–Crippen LogP) is 3.07. The number of hydrogen-bond acceptors (Lipinski definition) is 1. The highest BCUT2D eigenvalue weighted by atomic mass is 35.5. The van der Waals surface area contributed by atoms with Gasteiger partial charge in [0.25, 0.3) is 0 Å². The predicted molar refractivity (Wildman–Crippen MR) is 58.1 cm³/mol. The summed E-state index contributed by atoms with van der Waals surface area (Å²) in [5.74, 6) is -0.196. The summed E-state index contributed by atoms with van der Waals surface area (Å²) in [6.07, 6.45) is 1.46. The molecule has 1 rings (SSSR count). The third-order valence-corrected chi connectivity index (χ3v) is 2.68. The maximum Gasteiger partial charge on any atom is 0.130 e. The lowest BCUT2D eigenvalue weighted by Gasteiger charge is -2.08. The molecule has 0 amide bonds. The topological polar surface area (TPSA) is 26.0 Å². The van der Waals surface area contributed by atoms with Crippen LogP contribution in [0.25, 0.3) is 0 Å². The van der Waals surface area contributed by atoms with Crippen molar-refractivity contribution in [2.75, 3.05) is 0 Å². The molecule has 1 aromatic carbocycles. The maximum absolute atomic E-state index is 13.6. The van der Waals surface area contributed by atoms with Crippen LogP contribution in [-0.4, -0.2) is 6.04 Å². The Labute approximate surface area is 89.1 Å². The van der Waals surface area contributed by atoms with Gasteiger partial charge in [0.05, 0.1) is 0 Å². The van der Waals surface area contributed by atoms with Crippen LogP contribution in [0.2, 0.25) is 5.02 Å². The second-order valence-corrected chi connectivity index (χ2v) is 4.07. The molecular formula is C11H15ClFN. The summed E-state index contributed by atoms with van der Waals surface area (Å²) in [4.78, 5) is 0. The Hall–Kier alpha value is -0.600. The minimum Gasteiger partial charge on any atom is -0.328 e. The highest BCUT2D eigenvalue weighted by Gasteiger charge is 2.08. The van der Waals surface area contributed by atoms with Crippen molar-refractivity contribution >= 4 is 11.6 Å². The maximum atomic E-state index is 13.6. The normalized spacial score (nSPS) is 12.9. The van der Waals surface area contributed by atoms with Crippen molar-refractivity contribution in [2.45, 2.75) is 32.7 Å². The average Bonchev–Trinajstić information content (AvgIpc) is 2.13. The smallest absolute Gasteiger partial charge is 0.130 e. The molecule has 0 saturated heterocycles. The fourth-order valence-electron chi connectivity index (χ4n) is 1.29. The van der Waals surface area contributed by atoms with Gasteiger partial charge in [0.2, 0.25) is 0 Å². The molecule has 1 aromatic rings. The van der Waals surface area contributed by atoms with Crippen LogP contribution < -0.4 is 5.73 Å². The molecule has 1 unspecified atom stereocenters. The molecule has 3 heteroatoms. The largest absolute Gasteiger partial charge is 0.328 e. The van der Waals surface area contributed by atoms with E-state index >= 15 is 0 Å². The molecule has 0 aromatic heterocycles. The molecule has 1 nitrogen and oxygen atoms in total. The van der Waals surface area contributed by atoms with Gasteiger partial charge in [-0.1, -0.05) is 17.7 Å². The Morgan fingerprint density at radius 3 is 2.71 bits per heavy atom. The van der Waals surface area contributed by atoms with E-state index in [1.54, 1.807) is 19.1 Å². The first-order chi connectivity index (χ1) is 6.52. The summed E-state index contributed by atoms with van der Waals surface area (Å²) in [6.45, 7) is 3.60. The number of aryl methyl sites for hydroxylation is 1. The van der Waals surface area contributed by atoms with E-state index in [-0.39, 0.29) is 11.9 Å². The van der Waals surface area contributed by atoms with Gasteiger partial charge >= 0.3 is 0 Å². The number of halogens is 2. The highest BCUT2D eigenvalue weighted by molar-refractivity contribution is 6.31. The molecule has 0 saturated carbocycles. The van der Waals surface area contributed by atoms with Gasteiger partial charge < -0.3 is 5.73 Å². The standard InChI is InChI=1S/C11H15ClFN/c1-7(14)3-4-9-5-6-10(12)8(2)11(9)13/h5-7H,3-4,14H2,1-2H3. The molecule has 1 atom stereocenters. The van der Waals surface area contributed by atoms with E-state index in [1.807, 2.05) is 6.92 Å². The Morgan fingerprint density at radius 1 is 1.50 bits per heavy atom. The van der Waals surface area contributed by atoms with Crippen molar-refractivity contribution in [3.05, 3.63) is 34.1 Å². The first-order valence-electron chi connectivity index (χ1n) is 4.71. The SMILES string of the molecule is Cc1c(Cl)ccc(CCC(C)N)c1F. The minimum absolute atomic E-state index is 0.102. The van der Waals surface area contributed by atoms with Crippen LogP contribution >= 0.6 is 11.6 Å². The van der Waals surface area contributed by atoms with E-state index in [2.05, 4.69) is 0 Å². The van der Waals surface area contributed by atoms with Gasteiger partial charge in [0, 0.05) is 16.6 Å². The summed E-state index contributed by atoms with van der Waals surface area (Å²) in [6, 6.07) is 3.56. The lowest BCUT2D eigenvalue weighted by molar-refractivity contribution is 0.583. The quantitative estimate of drug-likeness (QED) is 0.824. The van der Waals surface area contributed by atoms with Gasteiger partial charge in [-0.15, -0.1) is 0 Å². The zero-order chi connectivity index (χ0) is 10.7. The fourth-order valence-corrected chi connectivity index (χ4v) is 1.44. The molecule has 0 spiro atoms. The summed E-state index contributed by atoms with van der Waals surface area (Å²) >= 11 is 5.78. The molecule has 0 heterocycles. The Bertz CT molecular complexity index is 323. The van der Waals surface area contributed by atoms with E-state index < -0.39 is 0 Å². The zero-order valence-corrected chi connectivity index (χ0v) is 9.24. The van der Waals surface area contributed by atoms with E-state index in [9.17, 15) is 4.39 Å². The summed E-state index contributed by atoms with van der Waals surface area (Å²) in [5.41, 5.74) is 6.83. The van der Waals surface area contributed by atoms with Crippen LogP contribution in [0.5, 0.6) is 0 Å². The van der Waals surface area contributed by atoms with E-state index in [0.717, 1.165) is 6.42 Å². The van der Waals surface area contributed by atoms with Gasteiger partial charge in [-0.3, -0.25) is 0 Å². The lowest BCUT2D eigenvalue weighted by atomic mass is 10.0. The van der Waals surface area contributed by atoms with Gasteiger partial charge in [-0.2, -0.15) is 0 Å². The summed E-state index contributed by atoms with van der Waals surface area (Å²) in [7, 11) is 0. The molecule has 0 bridgehead atoms. The van der Waals surface area contributed by atoms with Crippen LogP contribution in [0.1, 0.15) is 24.5 Å². The Morgan fingerprint density at radius 2 is 2.14 bits per heavy atom. The van der Waals surface area contributed by atoms with Crippen molar-refractivity contribution in [2.24, 2.45) is 5.73 Å². The van der Waals surface area contributed by atoms with Crippen LogP contribution in [0.15, 0.2) is 12.1 Å². The Kier molecular flexibility index (Phi) is 3.90. The second kappa shape index (κ2) is 4.76. The van der Waals surface area contributed by atoms with Crippen LogP contribution in [0, 0.1) is 12.7 Å². The molecular weight excluding hydrogens is 201 g/mol. The number of hydrogen-bond donors (Lipinski definition) is 1. The van der Waals surface area contributed by atoms with Crippen molar-refractivity contribution in [1.29, 1.82) is 0 Å². The van der Waals surface area contributed by atoms with Gasteiger partial charge in [0.1, 0.15) is 5.82 Å². The molecule has 0 aliphatic rings. The van der Waals surface area contributed by atoms with Crippen molar-refractivity contribution in [3.63, 3.8) is 0 Å². The average molecular weight is 216 g/mol. The highest BCUT2D eigenvalue weighted by Crippen LogP contribution is 2.22. The van der Waals surface area contributed by atoms with E-state index in [0.29, 0.717) is 22.6 Å². The summed E-state index contributed by atoms with van der Waals surface area (Å²) < 4.78 is 13.6. The number of benzene rings is 1. The third-order valence-electron chi connectivity index (χ3n) is 2.27. The van der Waals surface area contributed by atoms with Gasteiger partial charge in [-0.05, 0) is 38.3 Å². The molecule has 2 N–H and O–H groups in total. The molecule has 78 valence electrons. The van der Waals surface area contributed by atoms with Crippen molar-refractivity contribution in [3.8, 4) is 0 Å². The van der Waals surface area contributed by atoms with Crippen molar-refractivity contribution in [1.82, 2.24) is 0 Å². The fraction of sp³-hybridized carbons (Fsp3) is 0.455. The molecule has 0 aliphatic heterocycles. The molecule has 0 radical (unpaired) electrons. The number of rotatable bonds is 3. The lowest BCUT2D eigenvalue weighted by Crippen LogP contribution is -2.15. The molecule has 14 heavy (non-hydrogen) atoms. The van der Waals surface area contributed by atoms with Crippen LogP contribution in [0.3, 0.4) is 0 Å². The van der Waals surface area contributed by atoms with Crippen LogP contribution in [0.4, 0.5) is 4.39 Å². The van der Waals surface area contributed by atoms with E-state index in [1.165, 1.54) is 0 Å². The summed E-state index contributed by atoms with van der Waals surface area (Å²) in [5, 5.41) is 0.479. The van der Waals surface area contributed by atoms with Crippen molar-refractivity contribution < 1.29 is 4.39 Å².